The van der Waals surface area contributed by atoms with Crippen LogP contribution in [0.5, 0.6) is 0 Å². The molecule has 90 valence electrons. The zero-order valence-corrected chi connectivity index (χ0v) is 10.2. The van der Waals surface area contributed by atoms with Crippen molar-refractivity contribution < 1.29 is 4.39 Å². The van der Waals surface area contributed by atoms with E-state index >= 15 is 0 Å². The van der Waals surface area contributed by atoms with Gasteiger partial charge in [0.25, 0.3) is 0 Å². The number of para-hydroxylation sites is 1. The van der Waals surface area contributed by atoms with E-state index in [4.69, 9.17) is 0 Å². The Morgan fingerprint density at radius 1 is 1.06 bits per heavy atom. The predicted molar refractivity (Wildman–Crippen MR) is 72.2 cm³/mol. The van der Waals surface area contributed by atoms with Crippen molar-refractivity contribution in [3.63, 3.8) is 0 Å². The van der Waals surface area contributed by atoms with Crippen molar-refractivity contribution >= 4 is 10.9 Å². The Morgan fingerprint density at radius 2 is 1.89 bits per heavy atom. The number of nitrogens with one attached hydrogen (secondary N) is 1. The Labute approximate surface area is 105 Å². The number of hydrogen-bond donors (Lipinski definition) is 1. The molecule has 3 rings (SSSR count). The maximum absolute atomic E-state index is 13.2. The lowest BCUT2D eigenvalue weighted by Gasteiger charge is -2.02. The molecule has 0 amide bonds. The fourth-order valence-corrected chi connectivity index (χ4v) is 2.41. The van der Waals surface area contributed by atoms with E-state index in [1.54, 1.807) is 12.1 Å². The third kappa shape index (κ3) is 1.90. The van der Waals surface area contributed by atoms with Crippen LogP contribution in [-0.4, -0.2) is 4.98 Å². The number of aromatic nitrogens is 1. The molecule has 0 aliphatic heterocycles. The van der Waals surface area contributed by atoms with Crippen molar-refractivity contribution in [2.45, 2.75) is 13.3 Å². The molecule has 0 unspecified atom stereocenters. The van der Waals surface area contributed by atoms with Gasteiger partial charge >= 0.3 is 0 Å². The third-order valence-corrected chi connectivity index (χ3v) is 3.30. The molecule has 18 heavy (non-hydrogen) atoms. The number of benzene rings is 2. The highest BCUT2D eigenvalue weighted by Gasteiger charge is 2.08. The van der Waals surface area contributed by atoms with Crippen molar-refractivity contribution in [3.05, 3.63) is 71.2 Å². The Balaban J connectivity index is 2.07. The zero-order chi connectivity index (χ0) is 12.5. The van der Waals surface area contributed by atoms with Gasteiger partial charge in [0.1, 0.15) is 5.82 Å². The summed E-state index contributed by atoms with van der Waals surface area (Å²) in [5.41, 5.74) is 4.54. The first-order valence-electron chi connectivity index (χ1n) is 6.04. The second-order valence-corrected chi connectivity index (χ2v) is 4.58. The van der Waals surface area contributed by atoms with Crippen LogP contribution in [-0.2, 0) is 6.42 Å². The van der Waals surface area contributed by atoms with Gasteiger partial charge in [0.05, 0.1) is 0 Å². The lowest BCUT2D eigenvalue weighted by Crippen LogP contribution is -1.90. The second kappa shape index (κ2) is 4.30. The molecule has 1 heterocycles. The first-order chi connectivity index (χ1) is 8.74. The van der Waals surface area contributed by atoms with Gasteiger partial charge in [-0.25, -0.2) is 4.39 Å². The molecule has 0 saturated carbocycles. The highest BCUT2D eigenvalue weighted by atomic mass is 19.1. The molecule has 2 heteroatoms. The van der Waals surface area contributed by atoms with Crippen LogP contribution in [0.25, 0.3) is 10.9 Å². The standard InChI is InChI=1S/C16H14FN/c1-11-15(10-12-5-4-6-13(17)9-12)14-7-2-3-8-16(14)18-11/h2-9,18H,10H2,1H3. The lowest BCUT2D eigenvalue weighted by atomic mass is 10.0. The number of fused-ring (bicyclic) bond motifs is 1. The van der Waals surface area contributed by atoms with Crippen molar-refractivity contribution in [1.29, 1.82) is 0 Å². The van der Waals surface area contributed by atoms with Gasteiger partial charge < -0.3 is 4.98 Å². The summed E-state index contributed by atoms with van der Waals surface area (Å²) >= 11 is 0. The molecule has 1 N–H and O–H groups in total. The number of aryl methyl sites for hydroxylation is 1. The minimum atomic E-state index is -0.176. The van der Waals surface area contributed by atoms with E-state index in [1.165, 1.54) is 17.0 Å². The monoisotopic (exact) mass is 239 g/mol. The Bertz CT molecular complexity index is 697. The first kappa shape index (κ1) is 11.0. The summed E-state index contributed by atoms with van der Waals surface area (Å²) in [6.07, 6.45) is 0.758. The summed E-state index contributed by atoms with van der Waals surface area (Å²) in [6.45, 7) is 2.06. The van der Waals surface area contributed by atoms with Gasteiger partial charge in [-0.2, -0.15) is 0 Å². The molecule has 1 aromatic heterocycles. The first-order valence-corrected chi connectivity index (χ1v) is 6.04. The SMILES string of the molecule is Cc1[nH]c2ccccc2c1Cc1cccc(F)c1. The fraction of sp³-hybridized carbons (Fsp3) is 0.125. The van der Waals surface area contributed by atoms with Crippen LogP contribution >= 0.6 is 0 Å². The Hall–Kier alpha value is -2.09. The van der Waals surface area contributed by atoms with Crippen LogP contribution in [0.4, 0.5) is 4.39 Å². The molecule has 0 fully saturated rings. The predicted octanol–water partition coefficient (Wildman–Crippen LogP) is 4.21. The summed E-state index contributed by atoms with van der Waals surface area (Å²) in [7, 11) is 0. The number of aromatic amines is 1. The van der Waals surface area contributed by atoms with Crippen LogP contribution in [0.2, 0.25) is 0 Å². The van der Waals surface area contributed by atoms with Crippen LogP contribution in [0.3, 0.4) is 0 Å². The van der Waals surface area contributed by atoms with Gasteiger partial charge in [0, 0.05) is 16.6 Å². The van der Waals surface area contributed by atoms with Crippen molar-refractivity contribution in [1.82, 2.24) is 4.98 Å². The summed E-state index contributed by atoms with van der Waals surface area (Å²) < 4.78 is 13.2. The summed E-state index contributed by atoms with van der Waals surface area (Å²) in [4.78, 5) is 3.37. The number of halogens is 1. The van der Waals surface area contributed by atoms with E-state index in [1.807, 2.05) is 18.2 Å². The molecule has 1 nitrogen and oxygen atoms in total. The lowest BCUT2D eigenvalue weighted by molar-refractivity contribution is 0.626. The maximum Gasteiger partial charge on any atom is 0.123 e. The zero-order valence-electron chi connectivity index (χ0n) is 10.2. The van der Waals surface area contributed by atoms with Gasteiger partial charge in [-0.3, -0.25) is 0 Å². The van der Waals surface area contributed by atoms with Crippen molar-refractivity contribution in [2.24, 2.45) is 0 Å². The average Bonchev–Trinajstić information content (AvgIpc) is 2.66. The number of rotatable bonds is 2. The normalized spacial score (nSPS) is 11.0. The van der Waals surface area contributed by atoms with E-state index in [2.05, 4.69) is 24.0 Å². The third-order valence-electron chi connectivity index (χ3n) is 3.30. The largest absolute Gasteiger partial charge is 0.358 e. The van der Waals surface area contributed by atoms with E-state index in [0.717, 1.165) is 23.2 Å². The number of hydrogen-bond acceptors (Lipinski definition) is 0. The van der Waals surface area contributed by atoms with E-state index in [-0.39, 0.29) is 5.82 Å². The molecule has 0 spiro atoms. The molecule has 0 aliphatic rings. The molecule has 3 aromatic rings. The minimum absolute atomic E-state index is 0.176. The highest BCUT2D eigenvalue weighted by molar-refractivity contribution is 5.84. The minimum Gasteiger partial charge on any atom is -0.358 e. The molecule has 0 aliphatic carbocycles. The Morgan fingerprint density at radius 3 is 2.72 bits per heavy atom. The van der Waals surface area contributed by atoms with E-state index < -0.39 is 0 Å². The van der Waals surface area contributed by atoms with Crippen LogP contribution in [0.15, 0.2) is 48.5 Å². The van der Waals surface area contributed by atoms with Gasteiger partial charge in [-0.15, -0.1) is 0 Å². The maximum atomic E-state index is 13.2. The highest BCUT2D eigenvalue weighted by Crippen LogP contribution is 2.24. The van der Waals surface area contributed by atoms with Gasteiger partial charge in [-0.05, 0) is 42.7 Å². The molecule has 0 saturated heterocycles. The average molecular weight is 239 g/mol. The second-order valence-electron chi connectivity index (χ2n) is 4.58. The van der Waals surface area contributed by atoms with Crippen LogP contribution < -0.4 is 0 Å². The molecule has 0 atom stereocenters. The molecule has 2 aromatic carbocycles. The topological polar surface area (TPSA) is 15.8 Å². The molecular weight excluding hydrogens is 225 g/mol. The smallest absolute Gasteiger partial charge is 0.123 e. The van der Waals surface area contributed by atoms with Gasteiger partial charge in [0.2, 0.25) is 0 Å². The van der Waals surface area contributed by atoms with Crippen LogP contribution in [0, 0.1) is 12.7 Å². The molecule has 0 bridgehead atoms. The summed E-state index contributed by atoms with van der Waals surface area (Å²) in [5.74, 6) is -0.176. The number of H-pyrrole nitrogens is 1. The van der Waals surface area contributed by atoms with Gasteiger partial charge in [-0.1, -0.05) is 30.3 Å². The Kier molecular flexibility index (Phi) is 2.63. The van der Waals surface area contributed by atoms with Crippen molar-refractivity contribution in [2.75, 3.05) is 0 Å². The fourth-order valence-electron chi connectivity index (χ4n) is 2.41. The molecule has 0 radical (unpaired) electrons. The van der Waals surface area contributed by atoms with Gasteiger partial charge in [0.15, 0.2) is 0 Å². The van der Waals surface area contributed by atoms with Crippen LogP contribution in [0.1, 0.15) is 16.8 Å². The molecular formula is C16H14FN. The summed E-state index contributed by atoms with van der Waals surface area (Å²) in [5, 5.41) is 1.22. The van der Waals surface area contributed by atoms with E-state index in [0.29, 0.717) is 0 Å². The van der Waals surface area contributed by atoms with E-state index in [9.17, 15) is 4.39 Å². The van der Waals surface area contributed by atoms with Crippen molar-refractivity contribution in [3.8, 4) is 0 Å². The summed E-state index contributed by atoms with van der Waals surface area (Å²) in [6, 6.07) is 15.0. The quantitative estimate of drug-likeness (QED) is 0.689.